The van der Waals surface area contributed by atoms with E-state index in [0.29, 0.717) is 29.0 Å². The summed E-state index contributed by atoms with van der Waals surface area (Å²) in [4.78, 5) is 13.3. The second-order valence-electron chi connectivity index (χ2n) is 8.21. The van der Waals surface area contributed by atoms with Crippen molar-refractivity contribution in [1.29, 1.82) is 0 Å². The van der Waals surface area contributed by atoms with Gasteiger partial charge in [-0.2, -0.15) is 5.10 Å². The van der Waals surface area contributed by atoms with Gasteiger partial charge in [0.05, 0.1) is 11.3 Å². The van der Waals surface area contributed by atoms with Crippen LogP contribution >= 0.6 is 0 Å². The minimum absolute atomic E-state index is 0.113. The Bertz CT molecular complexity index is 1290. The highest BCUT2D eigenvalue weighted by atomic mass is 19.1. The fourth-order valence-corrected chi connectivity index (χ4v) is 4.74. The van der Waals surface area contributed by atoms with Crippen LogP contribution in [0.2, 0.25) is 0 Å². The molecule has 6 nitrogen and oxygen atoms in total. The normalized spacial score (nSPS) is 19.6. The number of aromatic nitrogens is 5. The number of fused-ring (bicyclic) bond motifs is 3. The highest BCUT2D eigenvalue weighted by Gasteiger charge is 2.25. The largest absolute Gasteiger partial charge is 0.310 e. The second kappa shape index (κ2) is 7.31. The zero-order chi connectivity index (χ0) is 20.8. The van der Waals surface area contributed by atoms with Crippen molar-refractivity contribution in [2.24, 2.45) is 5.92 Å². The molecule has 0 radical (unpaired) electrons. The van der Waals surface area contributed by atoms with Crippen LogP contribution in [0.15, 0.2) is 41.3 Å². The molecule has 4 aromatic rings. The minimum Gasteiger partial charge on any atom is -0.310 e. The fourth-order valence-electron chi connectivity index (χ4n) is 4.74. The Morgan fingerprint density at radius 3 is 2.60 bits per heavy atom. The van der Waals surface area contributed by atoms with E-state index in [1.165, 1.54) is 18.6 Å². The lowest BCUT2D eigenvalue weighted by atomic mass is 9.85. The summed E-state index contributed by atoms with van der Waals surface area (Å²) in [5, 5.41) is 13.4. The van der Waals surface area contributed by atoms with Crippen LogP contribution in [0, 0.1) is 11.7 Å². The van der Waals surface area contributed by atoms with Gasteiger partial charge in [-0.3, -0.25) is 4.79 Å². The summed E-state index contributed by atoms with van der Waals surface area (Å²) in [7, 11) is 0. The van der Waals surface area contributed by atoms with E-state index < -0.39 is 0 Å². The van der Waals surface area contributed by atoms with Crippen molar-refractivity contribution in [2.75, 3.05) is 0 Å². The van der Waals surface area contributed by atoms with Crippen molar-refractivity contribution in [2.45, 2.75) is 52.0 Å². The average Bonchev–Trinajstić information content (AvgIpc) is 3.14. The van der Waals surface area contributed by atoms with Gasteiger partial charge in [-0.1, -0.05) is 38.8 Å². The zero-order valence-electron chi connectivity index (χ0n) is 17.2. The third-order valence-electron chi connectivity index (χ3n) is 6.37. The van der Waals surface area contributed by atoms with E-state index in [-0.39, 0.29) is 17.4 Å². The number of aryl methyl sites for hydroxylation is 1. The molecule has 0 saturated heterocycles. The minimum atomic E-state index is -0.290. The van der Waals surface area contributed by atoms with Crippen LogP contribution in [-0.4, -0.2) is 24.4 Å². The van der Waals surface area contributed by atoms with Crippen LogP contribution in [0.4, 0.5) is 4.39 Å². The molecular weight excluding hydrogens is 381 g/mol. The van der Waals surface area contributed by atoms with E-state index in [0.717, 1.165) is 36.1 Å². The van der Waals surface area contributed by atoms with Crippen molar-refractivity contribution in [1.82, 2.24) is 24.4 Å². The fraction of sp³-hybridized carbons (Fsp3) is 0.391. The molecule has 30 heavy (non-hydrogen) atoms. The molecule has 0 aliphatic heterocycles. The molecule has 7 heteroatoms. The Hall–Kier alpha value is -3.09. The molecule has 1 fully saturated rings. The third kappa shape index (κ3) is 2.91. The maximum absolute atomic E-state index is 13.4. The van der Waals surface area contributed by atoms with E-state index in [1.807, 2.05) is 23.8 Å². The maximum atomic E-state index is 13.4. The van der Waals surface area contributed by atoms with Crippen LogP contribution in [-0.2, 0) is 6.42 Å². The number of nitrogens with zero attached hydrogens (tertiary/aromatic N) is 5. The lowest BCUT2D eigenvalue weighted by molar-refractivity contribution is 0.253. The predicted octanol–water partition coefficient (Wildman–Crippen LogP) is 4.56. The quantitative estimate of drug-likeness (QED) is 0.501. The Morgan fingerprint density at radius 2 is 1.87 bits per heavy atom. The van der Waals surface area contributed by atoms with Crippen molar-refractivity contribution < 1.29 is 4.39 Å². The summed E-state index contributed by atoms with van der Waals surface area (Å²) >= 11 is 0. The SMILES string of the molecule is CCc1nn2c(nnc3c(=O)n([C@@H]4CCCC[C@H]4C)ccc32)c1-c1ccc(F)cc1. The van der Waals surface area contributed by atoms with Gasteiger partial charge < -0.3 is 4.57 Å². The molecule has 0 spiro atoms. The first-order valence-corrected chi connectivity index (χ1v) is 10.6. The van der Waals surface area contributed by atoms with Crippen LogP contribution in [0.5, 0.6) is 0 Å². The average molecular weight is 405 g/mol. The Morgan fingerprint density at radius 1 is 1.10 bits per heavy atom. The number of hydrogen-bond acceptors (Lipinski definition) is 4. The van der Waals surface area contributed by atoms with Crippen molar-refractivity contribution in [3.63, 3.8) is 0 Å². The molecule has 2 atom stereocenters. The monoisotopic (exact) mass is 405 g/mol. The number of halogens is 1. The van der Waals surface area contributed by atoms with Crippen LogP contribution in [0.25, 0.3) is 27.8 Å². The van der Waals surface area contributed by atoms with E-state index >= 15 is 0 Å². The lowest BCUT2D eigenvalue weighted by Gasteiger charge is -2.30. The topological polar surface area (TPSA) is 65.1 Å². The molecule has 0 bridgehead atoms. The third-order valence-corrected chi connectivity index (χ3v) is 6.37. The molecular formula is C23H24FN5O. The number of pyridine rings is 1. The molecule has 1 aromatic carbocycles. The summed E-state index contributed by atoms with van der Waals surface area (Å²) < 4.78 is 16.9. The smallest absolute Gasteiger partial charge is 0.280 e. The first-order chi connectivity index (χ1) is 14.6. The van der Waals surface area contributed by atoms with Crippen molar-refractivity contribution >= 4 is 16.7 Å². The van der Waals surface area contributed by atoms with Crippen LogP contribution in [0.3, 0.4) is 0 Å². The Labute approximate surface area is 173 Å². The predicted molar refractivity (Wildman–Crippen MR) is 114 cm³/mol. The van der Waals surface area contributed by atoms with Gasteiger partial charge in [-0.05, 0) is 48.9 Å². The van der Waals surface area contributed by atoms with E-state index in [2.05, 4.69) is 17.1 Å². The molecule has 0 N–H and O–H groups in total. The van der Waals surface area contributed by atoms with Gasteiger partial charge >= 0.3 is 0 Å². The zero-order valence-corrected chi connectivity index (χ0v) is 17.2. The van der Waals surface area contributed by atoms with Gasteiger partial charge in [0.15, 0.2) is 11.2 Å². The summed E-state index contributed by atoms with van der Waals surface area (Å²) in [6, 6.07) is 8.42. The van der Waals surface area contributed by atoms with Crippen LogP contribution in [0.1, 0.15) is 51.3 Å². The Kier molecular flexibility index (Phi) is 4.60. The molecule has 154 valence electrons. The van der Waals surface area contributed by atoms with Gasteiger partial charge in [0.1, 0.15) is 11.3 Å². The standard InChI is InChI=1S/C23H24FN5O/c1-3-17-20(15-8-10-16(24)11-9-15)22-26-25-21-19(29(22)27-17)12-13-28(23(21)30)18-7-5-4-6-14(18)2/h8-14,18H,3-7H2,1-2H3/t14-,18-/m1/s1. The van der Waals surface area contributed by atoms with Crippen molar-refractivity contribution in [3.8, 4) is 11.1 Å². The first-order valence-electron chi connectivity index (χ1n) is 10.6. The van der Waals surface area contributed by atoms with E-state index in [1.54, 1.807) is 16.6 Å². The molecule has 1 saturated carbocycles. The summed E-state index contributed by atoms with van der Waals surface area (Å²) in [6.45, 7) is 4.23. The summed E-state index contributed by atoms with van der Waals surface area (Å²) in [5.74, 6) is 0.175. The molecule has 1 aliphatic carbocycles. The lowest BCUT2D eigenvalue weighted by Crippen LogP contribution is -2.31. The van der Waals surface area contributed by atoms with Gasteiger partial charge in [-0.25, -0.2) is 8.91 Å². The summed E-state index contributed by atoms with van der Waals surface area (Å²) in [5.41, 5.74) is 3.95. The summed E-state index contributed by atoms with van der Waals surface area (Å²) in [6.07, 6.45) is 7.08. The molecule has 0 amide bonds. The highest BCUT2D eigenvalue weighted by Crippen LogP contribution is 2.33. The highest BCUT2D eigenvalue weighted by molar-refractivity contribution is 5.84. The Balaban J connectivity index is 1.72. The van der Waals surface area contributed by atoms with Gasteiger partial charge in [0.2, 0.25) is 0 Å². The molecule has 3 aromatic heterocycles. The van der Waals surface area contributed by atoms with Gasteiger partial charge in [0, 0.05) is 12.2 Å². The van der Waals surface area contributed by atoms with E-state index in [9.17, 15) is 9.18 Å². The van der Waals surface area contributed by atoms with Crippen LogP contribution < -0.4 is 5.56 Å². The van der Waals surface area contributed by atoms with Gasteiger partial charge in [0.25, 0.3) is 5.56 Å². The van der Waals surface area contributed by atoms with E-state index in [4.69, 9.17) is 5.10 Å². The number of rotatable bonds is 3. The molecule has 1 aliphatic rings. The second-order valence-corrected chi connectivity index (χ2v) is 8.21. The molecule has 0 unspecified atom stereocenters. The van der Waals surface area contributed by atoms with Crippen molar-refractivity contribution in [3.05, 3.63) is 58.4 Å². The molecule has 5 rings (SSSR count). The first kappa shape index (κ1) is 18.9. The number of benzene rings is 1. The maximum Gasteiger partial charge on any atom is 0.280 e. The number of hydrogen-bond donors (Lipinski definition) is 0. The van der Waals surface area contributed by atoms with Gasteiger partial charge in [-0.15, -0.1) is 10.2 Å². The molecule has 3 heterocycles.